The first-order valence-electron chi connectivity index (χ1n) is 10.0. The second-order valence-corrected chi connectivity index (χ2v) is 9.20. The highest BCUT2D eigenvalue weighted by molar-refractivity contribution is 5.82. The van der Waals surface area contributed by atoms with Gasteiger partial charge in [-0.1, -0.05) is 39.8 Å². The number of hydrogen-bond donors (Lipinski definition) is 2. The Morgan fingerprint density at radius 2 is 1.92 bits per heavy atom. The van der Waals surface area contributed by atoms with Crippen LogP contribution in [0.2, 0.25) is 0 Å². The molecule has 2 N–H and O–H groups in total. The molecule has 1 saturated carbocycles. The van der Waals surface area contributed by atoms with Gasteiger partial charge in [0, 0.05) is 17.9 Å². The Labute approximate surface area is 158 Å². The number of nitrogens with one attached hydrogen (secondary N) is 2. The molecule has 1 aromatic rings. The zero-order valence-electron chi connectivity index (χ0n) is 16.7. The highest BCUT2D eigenvalue weighted by Crippen LogP contribution is 2.58. The SMILES string of the molecule is CC(C)COc1ccc(C(C)(C)CNC(=O)C2CC23CCNCC3)cc1. The highest BCUT2D eigenvalue weighted by Gasteiger charge is 2.57. The normalized spacial score (nSPS) is 21.7. The van der Waals surface area contributed by atoms with E-state index in [1.807, 2.05) is 12.1 Å². The lowest BCUT2D eigenvalue weighted by atomic mass is 9.84. The van der Waals surface area contributed by atoms with Gasteiger partial charge in [0.1, 0.15) is 5.75 Å². The van der Waals surface area contributed by atoms with Crippen LogP contribution in [0.3, 0.4) is 0 Å². The fourth-order valence-electron chi connectivity index (χ4n) is 3.99. The van der Waals surface area contributed by atoms with Crippen molar-refractivity contribution in [1.29, 1.82) is 0 Å². The summed E-state index contributed by atoms with van der Waals surface area (Å²) in [6, 6.07) is 8.30. The van der Waals surface area contributed by atoms with E-state index in [0.29, 0.717) is 17.9 Å². The van der Waals surface area contributed by atoms with E-state index in [0.717, 1.165) is 44.7 Å². The van der Waals surface area contributed by atoms with Crippen LogP contribution in [0.1, 0.15) is 52.5 Å². The van der Waals surface area contributed by atoms with Crippen LogP contribution in [-0.2, 0) is 10.2 Å². The lowest BCUT2D eigenvalue weighted by Gasteiger charge is -2.27. The van der Waals surface area contributed by atoms with E-state index < -0.39 is 0 Å². The van der Waals surface area contributed by atoms with E-state index in [1.165, 1.54) is 5.56 Å². The largest absolute Gasteiger partial charge is 0.493 e. The molecule has 2 fully saturated rings. The summed E-state index contributed by atoms with van der Waals surface area (Å²) in [5.41, 5.74) is 1.43. The van der Waals surface area contributed by atoms with Gasteiger partial charge < -0.3 is 15.4 Å². The monoisotopic (exact) mass is 358 g/mol. The van der Waals surface area contributed by atoms with Gasteiger partial charge in [0.05, 0.1) is 6.61 Å². The molecule has 4 nitrogen and oxygen atoms in total. The van der Waals surface area contributed by atoms with Crippen LogP contribution in [0.15, 0.2) is 24.3 Å². The summed E-state index contributed by atoms with van der Waals surface area (Å²) in [5, 5.41) is 6.61. The van der Waals surface area contributed by atoms with Crippen molar-refractivity contribution in [3.05, 3.63) is 29.8 Å². The maximum atomic E-state index is 12.6. The number of benzene rings is 1. The molecule has 1 saturated heterocycles. The van der Waals surface area contributed by atoms with E-state index >= 15 is 0 Å². The second-order valence-electron chi connectivity index (χ2n) is 9.20. The average Bonchev–Trinajstić information content (AvgIpc) is 3.32. The summed E-state index contributed by atoms with van der Waals surface area (Å²) >= 11 is 0. The van der Waals surface area contributed by atoms with E-state index in [2.05, 4.69) is 50.5 Å². The van der Waals surface area contributed by atoms with Crippen molar-refractivity contribution in [3.63, 3.8) is 0 Å². The van der Waals surface area contributed by atoms with Gasteiger partial charge in [0.15, 0.2) is 0 Å². The third kappa shape index (κ3) is 4.40. The summed E-state index contributed by atoms with van der Waals surface area (Å²) in [6.07, 6.45) is 3.36. The minimum absolute atomic E-state index is 0.0948. The lowest BCUT2D eigenvalue weighted by molar-refractivity contribution is -0.123. The van der Waals surface area contributed by atoms with E-state index in [-0.39, 0.29) is 17.2 Å². The minimum Gasteiger partial charge on any atom is -0.493 e. The van der Waals surface area contributed by atoms with E-state index in [9.17, 15) is 4.79 Å². The van der Waals surface area contributed by atoms with Gasteiger partial charge in [-0.15, -0.1) is 0 Å². The number of amides is 1. The molecule has 0 aromatic heterocycles. The molecule has 2 aliphatic rings. The second kappa shape index (κ2) is 7.59. The number of hydrogen-bond acceptors (Lipinski definition) is 3. The standard InChI is InChI=1S/C22H34N2O2/c1-16(2)14-26-18-7-5-17(6-8-18)21(3,4)15-24-20(25)19-13-22(19)9-11-23-12-10-22/h5-8,16,19,23H,9-15H2,1-4H3,(H,24,25). The number of carbonyl (C=O) groups excluding carboxylic acids is 1. The Bertz CT molecular complexity index is 616. The molecule has 144 valence electrons. The number of carbonyl (C=O) groups is 1. The maximum Gasteiger partial charge on any atom is 0.223 e. The third-order valence-electron chi connectivity index (χ3n) is 6.03. The van der Waals surface area contributed by atoms with Crippen molar-refractivity contribution in [1.82, 2.24) is 10.6 Å². The number of piperidine rings is 1. The van der Waals surface area contributed by atoms with Crippen LogP contribution in [0.5, 0.6) is 5.75 Å². The minimum atomic E-state index is -0.0948. The number of rotatable bonds is 7. The summed E-state index contributed by atoms with van der Waals surface area (Å²) in [7, 11) is 0. The molecule has 1 spiro atoms. The Kier molecular flexibility index (Phi) is 5.61. The van der Waals surface area contributed by atoms with Gasteiger partial charge in [-0.05, 0) is 61.4 Å². The van der Waals surface area contributed by atoms with Crippen molar-refractivity contribution in [2.75, 3.05) is 26.2 Å². The Balaban J connectivity index is 1.51. The molecule has 1 aliphatic carbocycles. The van der Waals surface area contributed by atoms with Crippen molar-refractivity contribution in [3.8, 4) is 5.75 Å². The van der Waals surface area contributed by atoms with Crippen molar-refractivity contribution in [2.24, 2.45) is 17.3 Å². The first-order chi connectivity index (χ1) is 12.3. The van der Waals surface area contributed by atoms with Gasteiger partial charge in [-0.25, -0.2) is 0 Å². The Hall–Kier alpha value is -1.55. The van der Waals surface area contributed by atoms with Crippen LogP contribution in [0.4, 0.5) is 0 Å². The Morgan fingerprint density at radius 3 is 2.54 bits per heavy atom. The first-order valence-corrected chi connectivity index (χ1v) is 10.0. The van der Waals surface area contributed by atoms with Gasteiger partial charge in [0.25, 0.3) is 0 Å². The summed E-state index contributed by atoms with van der Waals surface area (Å²) in [6.45, 7) is 12.2. The molecule has 3 rings (SSSR count). The molecule has 0 bridgehead atoms. The third-order valence-corrected chi connectivity index (χ3v) is 6.03. The lowest BCUT2D eigenvalue weighted by Crippen LogP contribution is -2.39. The smallest absolute Gasteiger partial charge is 0.223 e. The molecule has 1 heterocycles. The fraction of sp³-hybridized carbons (Fsp3) is 0.682. The molecular weight excluding hydrogens is 324 g/mol. The van der Waals surface area contributed by atoms with Crippen LogP contribution >= 0.6 is 0 Å². The summed E-state index contributed by atoms with van der Waals surface area (Å²) in [4.78, 5) is 12.6. The predicted molar refractivity (Wildman–Crippen MR) is 105 cm³/mol. The van der Waals surface area contributed by atoms with Gasteiger partial charge in [-0.3, -0.25) is 4.79 Å². The molecule has 1 unspecified atom stereocenters. The molecule has 0 radical (unpaired) electrons. The van der Waals surface area contributed by atoms with Crippen LogP contribution < -0.4 is 15.4 Å². The summed E-state index contributed by atoms with van der Waals surface area (Å²) < 4.78 is 5.76. The van der Waals surface area contributed by atoms with Crippen molar-refractivity contribution < 1.29 is 9.53 Å². The van der Waals surface area contributed by atoms with Gasteiger partial charge in [-0.2, -0.15) is 0 Å². The molecule has 1 atom stereocenters. The molecule has 1 aliphatic heterocycles. The zero-order valence-corrected chi connectivity index (χ0v) is 16.7. The fourth-order valence-corrected chi connectivity index (χ4v) is 3.99. The quantitative estimate of drug-likeness (QED) is 0.784. The van der Waals surface area contributed by atoms with Gasteiger partial charge in [0.2, 0.25) is 5.91 Å². The predicted octanol–water partition coefficient (Wildman–Crippen LogP) is 3.50. The summed E-state index contributed by atoms with van der Waals surface area (Å²) in [5.74, 6) is 1.91. The molecule has 4 heteroatoms. The van der Waals surface area contributed by atoms with Crippen molar-refractivity contribution >= 4 is 5.91 Å². The average molecular weight is 359 g/mol. The molecule has 1 aromatic carbocycles. The molecule has 1 amide bonds. The van der Waals surface area contributed by atoms with Crippen LogP contribution in [-0.4, -0.2) is 32.1 Å². The molecular formula is C22H34N2O2. The molecule has 26 heavy (non-hydrogen) atoms. The van der Waals surface area contributed by atoms with Crippen LogP contribution in [0, 0.1) is 17.3 Å². The first kappa shape index (κ1) is 19.2. The Morgan fingerprint density at radius 1 is 1.27 bits per heavy atom. The van der Waals surface area contributed by atoms with E-state index in [4.69, 9.17) is 4.74 Å². The van der Waals surface area contributed by atoms with Crippen LogP contribution in [0.25, 0.3) is 0 Å². The van der Waals surface area contributed by atoms with Crippen molar-refractivity contribution in [2.45, 2.75) is 52.4 Å². The van der Waals surface area contributed by atoms with Gasteiger partial charge >= 0.3 is 0 Å². The zero-order chi connectivity index (χ0) is 18.8. The topological polar surface area (TPSA) is 50.4 Å². The van der Waals surface area contributed by atoms with E-state index in [1.54, 1.807) is 0 Å². The maximum absolute atomic E-state index is 12.6. The highest BCUT2D eigenvalue weighted by atomic mass is 16.5. The number of ether oxygens (including phenoxy) is 1.